The summed E-state index contributed by atoms with van der Waals surface area (Å²) < 4.78 is 41.7. The fraction of sp³-hybridized carbons (Fsp3) is 0.333. The Labute approximate surface area is 83.9 Å². The van der Waals surface area contributed by atoms with E-state index < -0.39 is 30.2 Å². The standard InChI is InChI=1S/C9H8F3NO2/c1-15-8(14)3-7-6(9(11)12)2-5(10)4-13-7/h2,4,9H,3H2,1H3. The van der Waals surface area contributed by atoms with Crippen LogP contribution in [0.3, 0.4) is 0 Å². The van der Waals surface area contributed by atoms with Crippen LogP contribution in [0.25, 0.3) is 0 Å². The Morgan fingerprint density at radius 1 is 1.60 bits per heavy atom. The monoisotopic (exact) mass is 219 g/mol. The first-order valence-corrected chi connectivity index (χ1v) is 4.04. The first-order chi connectivity index (χ1) is 7.04. The zero-order valence-corrected chi connectivity index (χ0v) is 7.84. The van der Waals surface area contributed by atoms with Crippen LogP contribution in [0, 0.1) is 5.82 Å². The third kappa shape index (κ3) is 2.93. The molecular weight excluding hydrogens is 211 g/mol. The Bertz CT molecular complexity index is 368. The normalized spacial score (nSPS) is 10.5. The summed E-state index contributed by atoms with van der Waals surface area (Å²) in [5.74, 6) is -1.56. The SMILES string of the molecule is COC(=O)Cc1ncc(F)cc1C(F)F. The van der Waals surface area contributed by atoms with Gasteiger partial charge in [0.1, 0.15) is 5.82 Å². The fourth-order valence-corrected chi connectivity index (χ4v) is 1.03. The van der Waals surface area contributed by atoms with E-state index >= 15 is 0 Å². The van der Waals surface area contributed by atoms with Gasteiger partial charge in [-0.3, -0.25) is 9.78 Å². The number of rotatable bonds is 3. The minimum absolute atomic E-state index is 0.168. The first kappa shape index (κ1) is 11.5. The molecule has 1 rings (SSSR count). The second-order valence-electron chi connectivity index (χ2n) is 2.74. The summed E-state index contributed by atoms with van der Waals surface area (Å²) in [5.41, 5.74) is -0.751. The van der Waals surface area contributed by atoms with Crippen LogP contribution >= 0.6 is 0 Å². The largest absolute Gasteiger partial charge is 0.469 e. The predicted octanol–water partition coefficient (Wildman–Crippen LogP) is 1.87. The number of esters is 1. The number of carbonyl (C=O) groups is 1. The Kier molecular flexibility index (Phi) is 3.65. The minimum atomic E-state index is -2.87. The summed E-state index contributed by atoms with van der Waals surface area (Å²) in [6.45, 7) is 0. The lowest BCUT2D eigenvalue weighted by Crippen LogP contribution is -2.09. The molecule has 0 amide bonds. The zero-order valence-electron chi connectivity index (χ0n) is 7.84. The van der Waals surface area contributed by atoms with Gasteiger partial charge in [-0.15, -0.1) is 0 Å². The van der Waals surface area contributed by atoms with Crippen LogP contribution in [0.4, 0.5) is 13.2 Å². The highest BCUT2D eigenvalue weighted by Crippen LogP contribution is 2.22. The lowest BCUT2D eigenvalue weighted by molar-refractivity contribution is -0.139. The van der Waals surface area contributed by atoms with E-state index in [0.717, 1.165) is 13.3 Å². The summed E-state index contributed by atoms with van der Waals surface area (Å²) in [4.78, 5) is 14.3. The fourth-order valence-electron chi connectivity index (χ4n) is 1.03. The van der Waals surface area contributed by atoms with Crippen molar-refractivity contribution in [2.24, 2.45) is 0 Å². The molecule has 0 saturated heterocycles. The summed E-state index contributed by atoms with van der Waals surface area (Å²) in [6.07, 6.45) is -2.48. The second-order valence-corrected chi connectivity index (χ2v) is 2.74. The first-order valence-electron chi connectivity index (χ1n) is 4.04. The summed E-state index contributed by atoms with van der Waals surface area (Å²) >= 11 is 0. The summed E-state index contributed by atoms with van der Waals surface area (Å²) in [5, 5.41) is 0. The van der Waals surface area contributed by atoms with Crippen molar-refractivity contribution < 1.29 is 22.7 Å². The van der Waals surface area contributed by atoms with E-state index in [1.807, 2.05) is 0 Å². The van der Waals surface area contributed by atoms with Gasteiger partial charge in [0, 0.05) is 5.56 Å². The maximum atomic E-state index is 12.6. The Balaban J connectivity index is 3.00. The van der Waals surface area contributed by atoms with Gasteiger partial charge < -0.3 is 4.74 Å². The molecule has 0 aliphatic rings. The highest BCUT2D eigenvalue weighted by atomic mass is 19.3. The van der Waals surface area contributed by atoms with Gasteiger partial charge in [-0.25, -0.2) is 13.2 Å². The van der Waals surface area contributed by atoms with Crippen molar-refractivity contribution in [2.75, 3.05) is 7.11 Å². The number of nitrogens with zero attached hydrogens (tertiary/aromatic N) is 1. The van der Waals surface area contributed by atoms with Crippen molar-refractivity contribution in [1.29, 1.82) is 0 Å². The van der Waals surface area contributed by atoms with Gasteiger partial charge in [-0.05, 0) is 6.07 Å². The van der Waals surface area contributed by atoms with Gasteiger partial charge in [-0.2, -0.15) is 0 Å². The lowest BCUT2D eigenvalue weighted by Gasteiger charge is -2.06. The van der Waals surface area contributed by atoms with Crippen molar-refractivity contribution in [3.05, 3.63) is 29.3 Å². The summed E-state index contributed by atoms with van der Waals surface area (Å²) in [7, 11) is 1.13. The Morgan fingerprint density at radius 2 is 2.27 bits per heavy atom. The number of pyridine rings is 1. The van der Waals surface area contributed by atoms with Gasteiger partial charge >= 0.3 is 5.97 Å². The Morgan fingerprint density at radius 3 is 2.80 bits per heavy atom. The number of hydrogen-bond donors (Lipinski definition) is 0. The highest BCUT2D eigenvalue weighted by molar-refractivity contribution is 5.72. The van der Waals surface area contributed by atoms with Crippen molar-refractivity contribution in [2.45, 2.75) is 12.8 Å². The third-order valence-corrected chi connectivity index (χ3v) is 1.74. The Hall–Kier alpha value is -1.59. The quantitative estimate of drug-likeness (QED) is 0.728. The van der Waals surface area contributed by atoms with Crippen LogP contribution in [0.2, 0.25) is 0 Å². The lowest BCUT2D eigenvalue weighted by atomic mass is 10.1. The van der Waals surface area contributed by atoms with Gasteiger partial charge in [0.2, 0.25) is 0 Å². The maximum absolute atomic E-state index is 12.6. The number of methoxy groups -OCH3 is 1. The number of carbonyl (C=O) groups excluding carboxylic acids is 1. The van der Waals surface area contributed by atoms with Crippen LogP contribution in [0.5, 0.6) is 0 Å². The molecule has 1 aromatic heterocycles. The molecular formula is C9H8F3NO2. The van der Waals surface area contributed by atoms with Gasteiger partial charge in [0.15, 0.2) is 0 Å². The number of halogens is 3. The molecule has 0 bridgehead atoms. The van der Waals surface area contributed by atoms with Crippen LogP contribution in [0.15, 0.2) is 12.3 Å². The predicted molar refractivity (Wildman–Crippen MR) is 44.9 cm³/mol. The average molecular weight is 219 g/mol. The van der Waals surface area contributed by atoms with Crippen LogP contribution in [-0.2, 0) is 16.0 Å². The molecule has 0 spiro atoms. The molecule has 0 aromatic carbocycles. The molecule has 0 fully saturated rings. The van der Waals surface area contributed by atoms with E-state index in [0.29, 0.717) is 6.07 Å². The van der Waals surface area contributed by atoms with Crippen LogP contribution in [-0.4, -0.2) is 18.1 Å². The second kappa shape index (κ2) is 4.77. The van der Waals surface area contributed by atoms with Gasteiger partial charge in [0.25, 0.3) is 6.43 Å². The topological polar surface area (TPSA) is 39.2 Å². The van der Waals surface area contributed by atoms with Crippen molar-refractivity contribution in [3.63, 3.8) is 0 Å². The van der Waals surface area contributed by atoms with E-state index in [4.69, 9.17) is 0 Å². The molecule has 1 heterocycles. The van der Waals surface area contributed by atoms with Gasteiger partial charge in [0.05, 0.1) is 25.4 Å². The maximum Gasteiger partial charge on any atom is 0.311 e. The van der Waals surface area contributed by atoms with E-state index in [2.05, 4.69) is 9.72 Å². The van der Waals surface area contributed by atoms with Crippen molar-refractivity contribution >= 4 is 5.97 Å². The molecule has 0 N–H and O–H groups in total. The molecule has 0 atom stereocenters. The molecule has 82 valence electrons. The van der Waals surface area contributed by atoms with Crippen molar-refractivity contribution in [1.82, 2.24) is 4.98 Å². The molecule has 0 aliphatic carbocycles. The minimum Gasteiger partial charge on any atom is -0.469 e. The number of aromatic nitrogens is 1. The molecule has 0 radical (unpaired) electrons. The van der Waals surface area contributed by atoms with E-state index in [-0.39, 0.29) is 5.69 Å². The van der Waals surface area contributed by atoms with Crippen LogP contribution in [0.1, 0.15) is 17.7 Å². The molecule has 0 unspecified atom stereocenters. The van der Waals surface area contributed by atoms with Crippen molar-refractivity contribution in [3.8, 4) is 0 Å². The van der Waals surface area contributed by atoms with E-state index in [9.17, 15) is 18.0 Å². The molecule has 6 heteroatoms. The molecule has 15 heavy (non-hydrogen) atoms. The molecule has 0 aliphatic heterocycles. The van der Waals surface area contributed by atoms with Gasteiger partial charge in [-0.1, -0.05) is 0 Å². The zero-order chi connectivity index (χ0) is 11.4. The average Bonchev–Trinajstić information content (AvgIpc) is 2.20. The van der Waals surface area contributed by atoms with E-state index in [1.165, 1.54) is 0 Å². The van der Waals surface area contributed by atoms with Crippen LogP contribution < -0.4 is 0 Å². The number of alkyl halides is 2. The summed E-state index contributed by atoms with van der Waals surface area (Å²) in [6, 6.07) is 0.663. The highest BCUT2D eigenvalue weighted by Gasteiger charge is 2.17. The third-order valence-electron chi connectivity index (χ3n) is 1.74. The number of ether oxygens (including phenoxy) is 1. The number of hydrogen-bond acceptors (Lipinski definition) is 3. The molecule has 0 saturated carbocycles. The molecule has 1 aromatic rings. The van der Waals surface area contributed by atoms with E-state index in [1.54, 1.807) is 0 Å². The molecule has 3 nitrogen and oxygen atoms in total. The smallest absolute Gasteiger partial charge is 0.311 e.